The molecule has 1 aromatic carbocycles. The molecule has 3 N–H and O–H groups in total. The topological polar surface area (TPSA) is 64.4 Å². The minimum atomic E-state index is -4.40. The maximum Gasteiger partial charge on any atom is 0.422 e. The molecular formula is C14H19F3N2O2. The van der Waals surface area contributed by atoms with Crippen molar-refractivity contribution in [3.05, 3.63) is 29.8 Å². The fourth-order valence-corrected chi connectivity index (χ4v) is 1.59. The van der Waals surface area contributed by atoms with Crippen molar-refractivity contribution in [2.24, 2.45) is 5.73 Å². The second kappa shape index (κ2) is 7.87. The van der Waals surface area contributed by atoms with Crippen LogP contribution in [-0.2, 0) is 11.3 Å². The molecule has 0 radical (unpaired) electrons. The summed E-state index contributed by atoms with van der Waals surface area (Å²) >= 11 is 0. The van der Waals surface area contributed by atoms with Gasteiger partial charge >= 0.3 is 6.18 Å². The van der Waals surface area contributed by atoms with Crippen LogP contribution in [0.3, 0.4) is 0 Å². The molecule has 0 aliphatic rings. The highest BCUT2D eigenvalue weighted by Crippen LogP contribution is 2.22. The number of hydrogen-bond donors (Lipinski definition) is 2. The molecular weight excluding hydrogens is 285 g/mol. The maximum absolute atomic E-state index is 12.2. The zero-order valence-electron chi connectivity index (χ0n) is 11.7. The van der Waals surface area contributed by atoms with Crippen LogP contribution in [0.5, 0.6) is 5.75 Å². The van der Waals surface area contributed by atoms with Crippen molar-refractivity contribution in [2.45, 2.75) is 38.5 Å². The Kier molecular flexibility index (Phi) is 6.48. The van der Waals surface area contributed by atoms with Crippen molar-refractivity contribution in [3.63, 3.8) is 0 Å². The van der Waals surface area contributed by atoms with Crippen LogP contribution in [-0.4, -0.2) is 24.7 Å². The zero-order valence-corrected chi connectivity index (χ0v) is 11.7. The van der Waals surface area contributed by atoms with E-state index in [1.807, 2.05) is 0 Å². The lowest BCUT2D eigenvalue weighted by Crippen LogP contribution is -2.26. The summed E-state index contributed by atoms with van der Waals surface area (Å²) in [5.74, 6) is -0.0831. The van der Waals surface area contributed by atoms with Gasteiger partial charge in [0.15, 0.2) is 6.61 Å². The van der Waals surface area contributed by atoms with Crippen LogP contribution in [0.1, 0.15) is 25.3 Å². The summed E-state index contributed by atoms with van der Waals surface area (Å²) in [4.78, 5) is 11.6. The quantitative estimate of drug-likeness (QED) is 0.813. The summed E-state index contributed by atoms with van der Waals surface area (Å²) in [6, 6.07) is 6.22. The van der Waals surface area contributed by atoms with Gasteiger partial charge in [0.25, 0.3) is 0 Å². The Labute approximate surface area is 121 Å². The smallest absolute Gasteiger partial charge is 0.422 e. The van der Waals surface area contributed by atoms with E-state index in [0.29, 0.717) is 12.0 Å². The first-order valence-corrected chi connectivity index (χ1v) is 6.57. The maximum atomic E-state index is 12.2. The molecule has 0 bridgehead atoms. The highest BCUT2D eigenvalue weighted by molar-refractivity contribution is 5.75. The predicted molar refractivity (Wildman–Crippen MR) is 72.7 cm³/mol. The number of carbonyl (C=O) groups is 1. The van der Waals surface area contributed by atoms with Gasteiger partial charge in [0.2, 0.25) is 5.91 Å². The van der Waals surface area contributed by atoms with Crippen LogP contribution in [0.25, 0.3) is 0 Å². The second-order valence-electron chi connectivity index (χ2n) is 4.80. The fourth-order valence-electron chi connectivity index (χ4n) is 1.59. The third-order valence-corrected chi connectivity index (χ3v) is 2.67. The van der Waals surface area contributed by atoms with E-state index in [1.165, 1.54) is 6.07 Å². The normalized spacial score (nSPS) is 12.8. The first kappa shape index (κ1) is 17.3. The summed E-state index contributed by atoms with van der Waals surface area (Å²) < 4.78 is 41.2. The largest absolute Gasteiger partial charge is 0.484 e. The summed E-state index contributed by atoms with van der Waals surface area (Å²) in [6.07, 6.45) is -3.56. The minimum Gasteiger partial charge on any atom is -0.484 e. The number of nitrogens with one attached hydrogen (secondary N) is 1. The molecule has 1 atom stereocenters. The van der Waals surface area contributed by atoms with E-state index in [4.69, 9.17) is 10.5 Å². The van der Waals surface area contributed by atoms with Gasteiger partial charge in [-0.3, -0.25) is 4.79 Å². The molecule has 1 amide bonds. The van der Waals surface area contributed by atoms with E-state index in [9.17, 15) is 18.0 Å². The summed E-state index contributed by atoms with van der Waals surface area (Å²) in [6.45, 7) is 0.558. The molecule has 0 aromatic heterocycles. The molecule has 1 rings (SSSR count). The van der Waals surface area contributed by atoms with E-state index >= 15 is 0 Å². The van der Waals surface area contributed by atoms with Crippen molar-refractivity contribution in [3.8, 4) is 5.75 Å². The molecule has 0 aliphatic carbocycles. The van der Waals surface area contributed by atoms with Crippen molar-refractivity contribution in [2.75, 3.05) is 6.61 Å². The number of hydrogen-bond acceptors (Lipinski definition) is 3. The molecule has 1 aromatic rings. The van der Waals surface area contributed by atoms with Gasteiger partial charge in [-0.15, -0.1) is 0 Å². The molecule has 0 saturated carbocycles. The first-order chi connectivity index (χ1) is 9.78. The SMILES string of the molecule is CC(N)CCC(=O)NCc1ccccc1OCC(F)(F)F. The van der Waals surface area contributed by atoms with Crippen molar-refractivity contribution in [1.29, 1.82) is 0 Å². The van der Waals surface area contributed by atoms with Crippen LogP contribution in [0.4, 0.5) is 13.2 Å². The number of ether oxygens (including phenoxy) is 1. The van der Waals surface area contributed by atoms with Crippen LogP contribution in [0.15, 0.2) is 24.3 Å². The number of halogens is 3. The molecule has 4 nitrogen and oxygen atoms in total. The Morgan fingerprint density at radius 1 is 1.38 bits per heavy atom. The summed E-state index contributed by atoms with van der Waals surface area (Å²) in [7, 11) is 0. The summed E-state index contributed by atoms with van der Waals surface area (Å²) in [5.41, 5.74) is 6.04. The average Bonchev–Trinajstić information content (AvgIpc) is 2.40. The lowest BCUT2D eigenvalue weighted by molar-refractivity contribution is -0.153. The number of nitrogens with two attached hydrogens (primary N) is 1. The molecule has 7 heteroatoms. The van der Waals surface area contributed by atoms with Crippen molar-refractivity contribution >= 4 is 5.91 Å². The lowest BCUT2D eigenvalue weighted by atomic mass is 10.1. The molecule has 0 fully saturated rings. The molecule has 1 unspecified atom stereocenters. The monoisotopic (exact) mass is 304 g/mol. The van der Waals surface area contributed by atoms with Crippen LogP contribution >= 0.6 is 0 Å². The third-order valence-electron chi connectivity index (χ3n) is 2.67. The standard InChI is InChI=1S/C14H19F3N2O2/c1-10(18)6-7-13(20)19-8-11-4-2-3-5-12(11)21-9-14(15,16)17/h2-5,10H,6-9,18H2,1H3,(H,19,20). The van der Waals surface area contributed by atoms with Gasteiger partial charge in [-0.1, -0.05) is 18.2 Å². The summed E-state index contributed by atoms with van der Waals surface area (Å²) in [5, 5.41) is 2.64. The lowest BCUT2D eigenvalue weighted by Gasteiger charge is -2.13. The highest BCUT2D eigenvalue weighted by atomic mass is 19.4. The van der Waals surface area contributed by atoms with Crippen molar-refractivity contribution < 1.29 is 22.7 Å². The van der Waals surface area contributed by atoms with Crippen molar-refractivity contribution in [1.82, 2.24) is 5.32 Å². The van der Waals surface area contributed by atoms with Gasteiger partial charge in [0, 0.05) is 24.6 Å². The molecule has 0 saturated heterocycles. The Morgan fingerprint density at radius 3 is 2.67 bits per heavy atom. The van der Waals surface area contributed by atoms with E-state index in [0.717, 1.165) is 0 Å². The van der Waals surface area contributed by atoms with Gasteiger partial charge in [0.1, 0.15) is 5.75 Å². The van der Waals surface area contributed by atoms with Gasteiger partial charge in [-0.25, -0.2) is 0 Å². The van der Waals surface area contributed by atoms with Crippen LogP contribution in [0.2, 0.25) is 0 Å². The molecule has 0 heterocycles. The molecule has 0 aliphatic heterocycles. The minimum absolute atomic E-state index is 0.0712. The Balaban J connectivity index is 2.53. The fraction of sp³-hybridized carbons (Fsp3) is 0.500. The first-order valence-electron chi connectivity index (χ1n) is 6.57. The van der Waals surface area contributed by atoms with E-state index in [2.05, 4.69) is 5.32 Å². The molecule has 21 heavy (non-hydrogen) atoms. The van der Waals surface area contributed by atoms with E-state index in [-0.39, 0.29) is 30.7 Å². The third kappa shape index (κ3) is 7.55. The number of alkyl halides is 3. The van der Waals surface area contributed by atoms with Gasteiger partial charge in [-0.05, 0) is 19.4 Å². The highest BCUT2D eigenvalue weighted by Gasteiger charge is 2.28. The number of benzene rings is 1. The van der Waals surface area contributed by atoms with Crippen LogP contribution in [0, 0.1) is 0 Å². The van der Waals surface area contributed by atoms with Gasteiger partial charge < -0.3 is 15.8 Å². The van der Waals surface area contributed by atoms with Gasteiger partial charge in [0.05, 0.1) is 0 Å². The van der Waals surface area contributed by atoms with E-state index < -0.39 is 12.8 Å². The molecule has 0 spiro atoms. The van der Waals surface area contributed by atoms with E-state index in [1.54, 1.807) is 25.1 Å². The molecule has 118 valence electrons. The number of para-hydroxylation sites is 1. The Bertz CT molecular complexity index is 462. The van der Waals surface area contributed by atoms with Crippen LogP contribution < -0.4 is 15.8 Å². The zero-order chi connectivity index (χ0) is 15.9. The second-order valence-corrected chi connectivity index (χ2v) is 4.80. The average molecular weight is 304 g/mol. The predicted octanol–water partition coefficient (Wildman–Crippen LogP) is 2.37. The number of carbonyl (C=O) groups excluding carboxylic acids is 1. The number of amides is 1. The Morgan fingerprint density at radius 2 is 2.05 bits per heavy atom. The van der Waals surface area contributed by atoms with Gasteiger partial charge in [-0.2, -0.15) is 13.2 Å². The Hall–Kier alpha value is -1.76. The number of rotatable bonds is 7.